The van der Waals surface area contributed by atoms with Crippen molar-refractivity contribution in [1.82, 2.24) is 0 Å². The second kappa shape index (κ2) is 7.28. The molecule has 0 aromatic heterocycles. The highest BCUT2D eigenvalue weighted by molar-refractivity contribution is 5.56. The van der Waals surface area contributed by atoms with E-state index in [-0.39, 0.29) is 6.10 Å². The van der Waals surface area contributed by atoms with Gasteiger partial charge >= 0.3 is 0 Å². The van der Waals surface area contributed by atoms with E-state index in [9.17, 15) is 0 Å². The Bertz CT molecular complexity index is 123. The zero-order valence-corrected chi connectivity index (χ0v) is 6.86. The van der Waals surface area contributed by atoms with Crippen molar-refractivity contribution in [3.05, 3.63) is 12.7 Å². The van der Waals surface area contributed by atoms with Crippen LogP contribution < -0.4 is 0 Å². The van der Waals surface area contributed by atoms with Gasteiger partial charge in [0.05, 0.1) is 6.10 Å². The van der Waals surface area contributed by atoms with Gasteiger partial charge in [-0.25, -0.2) is 0 Å². The highest BCUT2D eigenvalue weighted by atomic mass is 16.5. The van der Waals surface area contributed by atoms with Crippen LogP contribution in [0.25, 0.3) is 0 Å². The molecule has 0 radical (unpaired) electrons. The summed E-state index contributed by atoms with van der Waals surface area (Å²) in [5.74, 6) is 0. The Morgan fingerprint density at radius 1 is 1.73 bits per heavy atom. The fraction of sp³-hybridized carbons (Fsp3) is 0.625. The van der Waals surface area contributed by atoms with Crippen molar-refractivity contribution in [1.29, 1.82) is 0 Å². The Morgan fingerprint density at radius 2 is 2.45 bits per heavy atom. The van der Waals surface area contributed by atoms with Crippen LogP contribution in [-0.2, 0) is 4.74 Å². The van der Waals surface area contributed by atoms with Crippen LogP contribution in [0.15, 0.2) is 17.8 Å². The van der Waals surface area contributed by atoms with Crippen LogP contribution in [0.3, 0.4) is 0 Å². The zero-order valence-electron chi connectivity index (χ0n) is 6.86. The molecule has 0 aliphatic carbocycles. The molecule has 0 aromatic carbocycles. The minimum Gasteiger partial charge on any atom is -0.411 e. The van der Waals surface area contributed by atoms with Crippen molar-refractivity contribution in [2.75, 3.05) is 7.11 Å². The minimum atomic E-state index is 0.142. The van der Waals surface area contributed by atoms with E-state index in [2.05, 4.69) is 11.7 Å². The van der Waals surface area contributed by atoms with E-state index in [0.717, 1.165) is 12.8 Å². The van der Waals surface area contributed by atoms with Crippen LogP contribution in [0.4, 0.5) is 0 Å². The number of hydrogen-bond acceptors (Lipinski definition) is 3. The van der Waals surface area contributed by atoms with E-state index in [0.29, 0.717) is 6.42 Å². The molecule has 1 N–H and O–H groups in total. The van der Waals surface area contributed by atoms with Crippen LogP contribution in [-0.4, -0.2) is 24.6 Å². The third kappa shape index (κ3) is 5.61. The summed E-state index contributed by atoms with van der Waals surface area (Å²) < 4.78 is 5.10. The fourth-order valence-corrected chi connectivity index (χ4v) is 0.800. The smallest absolute Gasteiger partial charge is 0.0624 e. The second-order valence-corrected chi connectivity index (χ2v) is 2.26. The lowest BCUT2D eigenvalue weighted by Crippen LogP contribution is -2.10. The normalized spacial score (nSPS) is 13.5. The molecule has 0 saturated carbocycles. The average Bonchev–Trinajstić information content (AvgIpc) is 2.05. The molecule has 0 rings (SSSR count). The molecule has 0 aromatic rings. The molecule has 0 aliphatic rings. The van der Waals surface area contributed by atoms with Crippen molar-refractivity contribution in [2.24, 2.45) is 5.16 Å². The van der Waals surface area contributed by atoms with E-state index in [1.165, 1.54) is 6.21 Å². The predicted molar refractivity (Wildman–Crippen MR) is 45.1 cm³/mol. The summed E-state index contributed by atoms with van der Waals surface area (Å²) in [6, 6.07) is 0. The monoisotopic (exact) mass is 157 g/mol. The first-order valence-corrected chi connectivity index (χ1v) is 3.64. The molecular weight excluding hydrogens is 142 g/mol. The lowest BCUT2D eigenvalue weighted by Gasteiger charge is -2.10. The van der Waals surface area contributed by atoms with E-state index in [1.54, 1.807) is 7.11 Å². The molecule has 0 spiro atoms. The second-order valence-electron chi connectivity index (χ2n) is 2.26. The highest BCUT2D eigenvalue weighted by Gasteiger charge is 2.02. The predicted octanol–water partition coefficient (Wildman–Crippen LogP) is 1.82. The van der Waals surface area contributed by atoms with Crippen LogP contribution >= 0.6 is 0 Å². The molecule has 0 saturated heterocycles. The molecule has 1 unspecified atom stereocenters. The van der Waals surface area contributed by atoms with E-state index in [1.807, 2.05) is 6.08 Å². The minimum absolute atomic E-state index is 0.142. The molecule has 0 fully saturated rings. The van der Waals surface area contributed by atoms with Crippen LogP contribution in [0.5, 0.6) is 0 Å². The summed E-state index contributed by atoms with van der Waals surface area (Å²) in [6.07, 6.45) is 5.94. The Kier molecular flexibility index (Phi) is 6.73. The third-order valence-electron chi connectivity index (χ3n) is 1.48. The average molecular weight is 157 g/mol. The van der Waals surface area contributed by atoms with Gasteiger partial charge in [0.25, 0.3) is 0 Å². The third-order valence-corrected chi connectivity index (χ3v) is 1.48. The van der Waals surface area contributed by atoms with Crippen LogP contribution in [0.2, 0.25) is 0 Å². The lowest BCUT2D eigenvalue weighted by molar-refractivity contribution is 0.102. The highest BCUT2D eigenvalue weighted by Crippen LogP contribution is 2.04. The quantitative estimate of drug-likeness (QED) is 0.276. The van der Waals surface area contributed by atoms with E-state index >= 15 is 0 Å². The number of nitrogens with zero attached hydrogens (tertiary/aromatic N) is 1. The molecule has 0 heterocycles. The maximum Gasteiger partial charge on any atom is 0.0624 e. The van der Waals surface area contributed by atoms with Crippen molar-refractivity contribution < 1.29 is 9.94 Å². The number of rotatable bonds is 6. The largest absolute Gasteiger partial charge is 0.411 e. The molecule has 3 heteroatoms. The van der Waals surface area contributed by atoms with Gasteiger partial charge in [-0.1, -0.05) is 6.08 Å². The van der Waals surface area contributed by atoms with Crippen molar-refractivity contribution in [3.8, 4) is 0 Å². The van der Waals surface area contributed by atoms with Gasteiger partial charge in [-0.05, 0) is 12.8 Å². The molecule has 64 valence electrons. The Hall–Kier alpha value is -0.830. The molecule has 0 aliphatic heterocycles. The summed E-state index contributed by atoms with van der Waals surface area (Å²) in [4.78, 5) is 0. The number of methoxy groups -OCH3 is 1. The van der Waals surface area contributed by atoms with Gasteiger partial charge in [-0.3, -0.25) is 0 Å². The first kappa shape index (κ1) is 10.2. The van der Waals surface area contributed by atoms with Gasteiger partial charge in [0.15, 0.2) is 0 Å². The Labute approximate surface area is 67.4 Å². The summed E-state index contributed by atoms with van der Waals surface area (Å²) >= 11 is 0. The SMILES string of the molecule is C=CCCC(CC=NO)OC. The molecule has 0 bridgehead atoms. The van der Waals surface area contributed by atoms with Gasteiger partial charge < -0.3 is 9.94 Å². The summed E-state index contributed by atoms with van der Waals surface area (Å²) in [5, 5.41) is 11.0. The first-order valence-electron chi connectivity index (χ1n) is 3.64. The summed E-state index contributed by atoms with van der Waals surface area (Å²) in [5.41, 5.74) is 0. The maximum atomic E-state index is 8.13. The van der Waals surface area contributed by atoms with Crippen LogP contribution in [0, 0.1) is 0 Å². The number of allylic oxidation sites excluding steroid dienone is 1. The number of hydrogen-bond donors (Lipinski definition) is 1. The standard InChI is InChI=1S/C8H15NO2/c1-3-4-5-8(11-2)6-7-9-10/h3,7-8,10H,1,4-6H2,2H3. The molecule has 0 amide bonds. The summed E-state index contributed by atoms with van der Waals surface area (Å²) in [6.45, 7) is 3.61. The van der Waals surface area contributed by atoms with Crippen LogP contribution in [0.1, 0.15) is 19.3 Å². The summed E-state index contributed by atoms with van der Waals surface area (Å²) in [7, 11) is 1.65. The number of ether oxygens (including phenoxy) is 1. The van der Waals surface area contributed by atoms with Gasteiger partial charge in [-0.2, -0.15) is 0 Å². The Balaban J connectivity index is 3.48. The molecule has 11 heavy (non-hydrogen) atoms. The number of oxime groups is 1. The fourth-order valence-electron chi connectivity index (χ4n) is 0.800. The molecular formula is C8H15NO2. The Morgan fingerprint density at radius 3 is 2.91 bits per heavy atom. The lowest BCUT2D eigenvalue weighted by atomic mass is 10.1. The van der Waals surface area contributed by atoms with Gasteiger partial charge in [0, 0.05) is 19.7 Å². The van der Waals surface area contributed by atoms with Crippen molar-refractivity contribution >= 4 is 6.21 Å². The van der Waals surface area contributed by atoms with Crippen molar-refractivity contribution in [2.45, 2.75) is 25.4 Å². The first-order chi connectivity index (χ1) is 5.35. The molecule has 3 nitrogen and oxygen atoms in total. The topological polar surface area (TPSA) is 41.8 Å². The maximum absolute atomic E-state index is 8.13. The molecule has 1 atom stereocenters. The zero-order chi connectivity index (χ0) is 8.53. The van der Waals surface area contributed by atoms with Gasteiger partial charge in [0.1, 0.15) is 0 Å². The van der Waals surface area contributed by atoms with Crippen molar-refractivity contribution in [3.63, 3.8) is 0 Å². The van der Waals surface area contributed by atoms with E-state index < -0.39 is 0 Å². The van der Waals surface area contributed by atoms with E-state index in [4.69, 9.17) is 9.94 Å². The van der Waals surface area contributed by atoms with Gasteiger partial charge in [-0.15, -0.1) is 11.7 Å². The van der Waals surface area contributed by atoms with Gasteiger partial charge in [0.2, 0.25) is 0 Å².